The molecule has 35 heavy (non-hydrogen) atoms. The molecular formula is C31H42N2O2. The van der Waals surface area contributed by atoms with Gasteiger partial charge in [0.25, 0.3) is 0 Å². The largest absolute Gasteiger partial charge is 0.462 e. The first kappa shape index (κ1) is 23.3. The van der Waals surface area contributed by atoms with E-state index in [1.165, 1.54) is 48.2 Å². The summed E-state index contributed by atoms with van der Waals surface area (Å²) in [5, 5.41) is 7.67. The third-order valence-electron chi connectivity index (χ3n) is 11.0. The lowest BCUT2D eigenvalue weighted by Gasteiger charge is -2.58. The third-order valence-corrected chi connectivity index (χ3v) is 11.0. The summed E-state index contributed by atoms with van der Waals surface area (Å²) in [6.45, 7) is 13.5. The zero-order chi connectivity index (χ0) is 24.7. The molecule has 4 aliphatic carbocycles. The molecule has 5 aliphatic rings. The number of nitrogens with zero attached hydrogens (tertiary/aromatic N) is 2. The highest BCUT2D eigenvalue weighted by Gasteiger charge is 2.63. The van der Waals surface area contributed by atoms with Crippen LogP contribution in [-0.2, 0) is 9.53 Å². The summed E-state index contributed by atoms with van der Waals surface area (Å²) in [7, 11) is 0. The summed E-state index contributed by atoms with van der Waals surface area (Å²) >= 11 is 0. The fraction of sp³-hybridized carbons (Fsp3) is 0.677. The van der Waals surface area contributed by atoms with Crippen LogP contribution in [0.1, 0.15) is 83.8 Å². The van der Waals surface area contributed by atoms with Crippen molar-refractivity contribution >= 4 is 17.4 Å². The first-order valence-corrected chi connectivity index (χ1v) is 13.9. The van der Waals surface area contributed by atoms with Gasteiger partial charge in [-0.15, -0.1) is 0 Å². The highest BCUT2D eigenvalue weighted by molar-refractivity contribution is 5.94. The van der Waals surface area contributed by atoms with Gasteiger partial charge in [0.15, 0.2) is 0 Å². The Morgan fingerprint density at radius 1 is 1.11 bits per heavy atom. The van der Waals surface area contributed by atoms with Gasteiger partial charge in [-0.1, -0.05) is 43.2 Å². The number of allylic oxidation sites excluding steroid dienone is 1. The number of hydrogen-bond acceptors (Lipinski definition) is 4. The van der Waals surface area contributed by atoms with Gasteiger partial charge in [0.1, 0.15) is 6.10 Å². The molecule has 0 aromatic heterocycles. The Morgan fingerprint density at radius 2 is 1.91 bits per heavy atom. The second-order valence-electron chi connectivity index (χ2n) is 12.9. The zero-order valence-electron chi connectivity index (χ0n) is 22.4. The van der Waals surface area contributed by atoms with Crippen LogP contribution in [0.15, 0.2) is 34.9 Å². The van der Waals surface area contributed by atoms with Gasteiger partial charge in [-0.2, -0.15) is 5.10 Å². The Kier molecular flexibility index (Phi) is 5.29. The molecule has 1 aromatic rings. The lowest BCUT2D eigenvalue weighted by molar-refractivity contribution is -0.148. The maximum Gasteiger partial charge on any atom is 0.302 e. The molecule has 1 aromatic carbocycles. The van der Waals surface area contributed by atoms with Gasteiger partial charge < -0.3 is 4.74 Å². The van der Waals surface area contributed by atoms with E-state index < -0.39 is 0 Å². The van der Waals surface area contributed by atoms with Crippen LogP contribution in [0.4, 0.5) is 5.69 Å². The van der Waals surface area contributed by atoms with E-state index >= 15 is 0 Å². The van der Waals surface area contributed by atoms with Gasteiger partial charge in [-0.25, -0.2) is 0 Å². The van der Waals surface area contributed by atoms with Crippen LogP contribution in [0.3, 0.4) is 0 Å². The van der Waals surface area contributed by atoms with Crippen molar-refractivity contribution in [2.45, 2.75) is 98.6 Å². The fourth-order valence-electron chi connectivity index (χ4n) is 9.45. The highest BCUT2D eigenvalue weighted by atomic mass is 16.5. The molecule has 0 saturated heterocycles. The smallest absolute Gasteiger partial charge is 0.302 e. The van der Waals surface area contributed by atoms with Gasteiger partial charge in [0.2, 0.25) is 0 Å². The van der Waals surface area contributed by atoms with E-state index in [0.29, 0.717) is 17.4 Å². The fourth-order valence-corrected chi connectivity index (χ4v) is 9.45. The number of esters is 1. The molecular weight excluding hydrogens is 432 g/mol. The SMILES string of the molecule is CC(=O)O[C@H]1CC[C@@]2(C)C(=CC[C@H]3[C@@H]4CC5=NN(c6ccc(C)cc6C)[C@@H](C)[C@@H]5[C@@]4(C)CC[C@@H]32)C1. The Labute approximate surface area is 211 Å². The monoisotopic (exact) mass is 474 g/mol. The summed E-state index contributed by atoms with van der Waals surface area (Å²) in [5.41, 5.74) is 7.57. The molecule has 1 heterocycles. The minimum absolute atomic E-state index is 0.0782. The van der Waals surface area contributed by atoms with E-state index in [1.54, 1.807) is 12.5 Å². The van der Waals surface area contributed by atoms with Crippen molar-refractivity contribution in [3.63, 3.8) is 0 Å². The van der Waals surface area contributed by atoms with Crippen LogP contribution < -0.4 is 5.01 Å². The first-order chi connectivity index (χ1) is 16.6. The van der Waals surface area contributed by atoms with E-state index in [0.717, 1.165) is 37.0 Å². The zero-order valence-corrected chi connectivity index (χ0v) is 22.4. The quantitative estimate of drug-likeness (QED) is 0.343. The Morgan fingerprint density at radius 3 is 2.66 bits per heavy atom. The number of rotatable bonds is 2. The number of carbonyl (C=O) groups excluding carboxylic acids is 1. The van der Waals surface area contributed by atoms with Crippen molar-refractivity contribution in [3.05, 3.63) is 41.0 Å². The molecule has 1 aliphatic heterocycles. The van der Waals surface area contributed by atoms with Crippen molar-refractivity contribution < 1.29 is 9.53 Å². The molecule has 0 radical (unpaired) electrons. The van der Waals surface area contributed by atoms with Crippen LogP contribution in [0, 0.1) is 48.3 Å². The average Bonchev–Trinajstić information content (AvgIpc) is 3.27. The molecule has 0 amide bonds. The standard InChI is InChI=1S/C31H42N2O2/c1-18-7-10-28(19(2)15-18)33-20(3)29-27(32-33)17-26-24-9-8-22-16-23(35-21(4)34)11-13-30(22,5)25(24)12-14-31(26,29)6/h7-8,10,15,20,23-26,29H,9,11-14,16-17H2,1-6H3/t20-,23-,24+,25-,26-,29-,30-,31-/m0/s1. The maximum atomic E-state index is 11.6. The van der Waals surface area contributed by atoms with Gasteiger partial charge in [0.05, 0.1) is 11.7 Å². The van der Waals surface area contributed by atoms with Crippen LogP contribution in [0.5, 0.6) is 0 Å². The van der Waals surface area contributed by atoms with Crippen LogP contribution >= 0.6 is 0 Å². The number of anilines is 1. The molecule has 4 heteroatoms. The third kappa shape index (κ3) is 3.38. The van der Waals surface area contributed by atoms with Gasteiger partial charge >= 0.3 is 5.97 Å². The second-order valence-corrected chi connectivity index (χ2v) is 12.9. The Balaban J connectivity index is 1.28. The van der Waals surface area contributed by atoms with Gasteiger partial charge in [-0.05, 0) is 99.5 Å². The van der Waals surface area contributed by atoms with Gasteiger partial charge in [0, 0.05) is 25.0 Å². The minimum Gasteiger partial charge on any atom is -0.462 e. The molecule has 3 fully saturated rings. The minimum atomic E-state index is -0.136. The van der Waals surface area contributed by atoms with E-state index in [-0.39, 0.29) is 17.5 Å². The topological polar surface area (TPSA) is 41.9 Å². The number of ether oxygens (including phenoxy) is 1. The van der Waals surface area contributed by atoms with Crippen molar-refractivity contribution in [2.75, 3.05) is 5.01 Å². The number of hydrazone groups is 1. The van der Waals surface area contributed by atoms with Crippen molar-refractivity contribution in [3.8, 4) is 0 Å². The molecule has 0 bridgehead atoms. The summed E-state index contributed by atoms with van der Waals surface area (Å²) < 4.78 is 5.63. The Hall–Kier alpha value is -2.10. The summed E-state index contributed by atoms with van der Waals surface area (Å²) in [5.74, 6) is 2.66. The van der Waals surface area contributed by atoms with Crippen LogP contribution in [-0.4, -0.2) is 23.8 Å². The number of hydrogen-bond donors (Lipinski definition) is 0. The number of aryl methyl sites for hydroxylation is 2. The summed E-state index contributed by atoms with van der Waals surface area (Å²) in [4.78, 5) is 11.6. The highest BCUT2D eigenvalue weighted by Crippen LogP contribution is 2.67. The number of fused-ring (bicyclic) bond motifs is 7. The van der Waals surface area contributed by atoms with Crippen LogP contribution in [0.25, 0.3) is 0 Å². The normalized spacial score (nSPS) is 41.8. The van der Waals surface area contributed by atoms with E-state index in [4.69, 9.17) is 9.84 Å². The molecule has 8 atom stereocenters. The predicted octanol–water partition coefficient (Wildman–Crippen LogP) is 6.99. The maximum absolute atomic E-state index is 11.6. The Bertz CT molecular complexity index is 1120. The van der Waals surface area contributed by atoms with Crippen LogP contribution in [0.2, 0.25) is 0 Å². The lowest BCUT2D eigenvalue weighted by Crippen LogP contribution is -2.52. The van der Waals surface area contributed by atoms with Crippen molar-refractivity contribution in [1.29, 1.82) is 0 Å². The number of carbonyl (C=O) groups is 1. The second kappa shape index (κ2) is 7.95. The average molecular weight is 475 g/mol. The molecule has 3 saturated carbocycles. The summed E-state index contributed by atoms with van der Waals surface area (Å²) in [6.07, 6.45) is 10.7. The van der Waals surface area contributed by atoms with Gasteiger partial charge in [-0.3, -0.25) is 9.80 Å². The molecule has 0 N–H and O–H groups in total. The molecule has 0 unspecified atom stereocenters. The molecule has 6 rings (SSSR count). The summed E-state index contributed by atoms with van der Waals surface area (Å²) in [6, 6.07) is 7.20. The first-order valence-electron chi connectivity index (χ1n) is 13.9. The van der Waals surface area contributed by atoms with Crippen molar-refractivity contribution in [2.24, 2.45) is 39.6 Å². The molecule has 0 spiro atoms. The van der Waals surface area contributed by atoms with E-state index in [2.05, 4.69) is 63.9 Å². The number of benzene rings is 1. The lowest BCUT2D eigenvalue weighted by atomic mass is 9.47. The predicted molar refractivity (Wildman–Crippen MR) is 141 cm³/mol. The van der Waals surface area contributed by atoms with Crippen molar-refractivity contribution in [1.82, 2.24) is 0 Å². The molecule has 188 valence electrons. The molecule has 4 nitrogen and oxygen atoms in total. The van der Waals surface area contributed by atoms with E-state index in [1.807, 2.05) is 0 Å². The van der Waals surface area contributed by atoms with E-state index in [9.17, 15) is 4.79 Å².